The highest BCUT2D eigenvalue weighted by Gasteiger charge is 2.22. The van der Waals surface area contributed by atoms with Gasteiger partial charge in [-0.05, 0) is 39.0 Å². The van der Waals surface area contributed by atoms with Gasteiger partial charge in [-0.15, -0.1) is 10.2 Å². The minimum absolute atomic E-state index is 0.0774. The Kier molecular flexibility index (Phi) is 3.93. The summed E-state index contributed by atoms with van der Waals surface area (Å²) in [6.45, 7) is 5.31. The van der Waals surface area contributed by atoms with E-state index in [2.05, 4.69) is 19.9 Å². The molecule has 0 unspecified atom stereocenters. The first-order valence-corrected chi connectivity index (χ1v) is 7.74. The molecule has 3 N–H and O–H groups in total. The molecule has 0 aromatic carbocycles. The quantitative estimate of drug-likeness (QED) is 0.881. The van der Waals surface area contributed by atoms with Gasteiger partial charge in [0.25, 0.3) is 0 Å². The molecule has 0 fully saturated rings. The topological polar surface area (TPSA) is 111 Å². The molecule has 0 aliphatic heterocycles. The molecule has 0 saturated heterocycles. The summed E-state index contributed by atoms with van der Waals surface area (Å²) in [6.07, 6.45) is 2.82. The Morgan fingerprint density at radius 2 is 1.86 bits per heavy atom. The number of hydrogen-bond donors (Lipinski definition) is 2. The first kappa shape index (κ1) is 15.3. The highest BCUT2D eigenvalue weighted by atomic mass is 32.2. The minimum atomic E-state index is -3.64. The number of nitrogens with two attached hydrogens (primary N) is 1. The van der Waals surface area contributed by atoms with Gasteiger partial charge in [0.05, 0.1) is 5.69 Å². The van der Waals surface area contributed by atoms with Crippen molar-refractivity contribution in [3.05, 3.63) is 30.6 Å². The lowest BCUT2D eigenvalue weighted by Gasteiger charge is -2.20. The summed E-state index contributed by atoms with van der Waals surface area (Å²) in [6, 6.07) is 4.76. The molecule has 21 heavy (non-hydrogen) atoms. The zero-order valence-corrected chi connectivity index (χ0v) is 12.8. The van der Waals surface area contributed by atoms with Crippen LogP contribution >= 0.6 is 0 Å². The molecule has 0 aliphatic carbocycles. The summed E-state index contributed by atoms with van der Waals surface area (Å²) in [7, 11) is -3.64. The first-order chi connectivity index (χ1) is 9.67. The molecule has 0 spiro atoms. The minimum Gasteiger partial charge on any atom is -0.382 e. The molecule has 112 valence electrons. The average molecular weight is 307 g/mol. The molecule has 0 aliphatic rings. The second-order valence-corrected chi connectivity index (χ2v) is 7.29. The van der Waals surface area contributed by atoms with Crippen LogP contribution in [0.3, 0.4) is 0 Å². The molecule has 2 heterocycles. The van der Waals surface area contributed by atoms with E-state index in [0.717, 1.165) is 0 Å². The Hall–Kier alpha value is -2.06. The van der Waals surface area contributed by atoms with Gasteiger partial charge in [0, 0.05) is 23.5 Å². The number of rotatable bonds is 3. The van der Waals surface area contributed by atoms with E-state index in [-0.39, 0.29) is 4.90 Å². The molecule has 0 radical (unpaired) electrons. The van der Waals surface area contributed by atoms with Crippen LogP contribution in [0.2, 0.25) is 0 Å². The molecule has 0 amide bonds. The maximum atomic E-state index is 12.3. The SMILES string of the molecule is CC(C)(C)NS(=O)(=O)c1cncc(-c2ccc(N)nn2)c1. The van der Waals surface area contributed by atoms with E-state index in [1.165, 1.54) is 18.5 Å². The lowest BCUT2D eigenvalue weighted by molar-refractivity contribution is 0.491. The van der Waals surface area contributed by atoms with Crippen molar-refractivity contribution in [1.82, 2.24) is 19.9 Å². The lowest BCUT2D eigenvalue weighted by Crippen LogP contribution is -2.40. The van der Waals surface area contributed by atoms with Gasteiger partial charge in [0.15, 0.2) is 0 Å². The van der Waals surface area contributed by atoms with Gasteiger partial charge in [-0.3, -0.25) is 4.98 Å². The van der Waals surface area contributed by atoms with E-state index >= 15 is 0 Å². The third-order valence-corrected chi connectivity index (χ3v) is 4.17. The third kappa shape index (κ3) is 3.96. The summed E-state index contributed by atoms with van der Waals surface area (Å²) in [5, 5.41) is 7.66. The monoisotopic (exact) mass is 307 g/mol. The zero-order valence-electron chi connectivity index (χ0n) is 12.0. The van der Waals surface area contributed by atoms with Crippen molar-refractivity contribution >= 4 is 15.8 Å². The number of hydrogen-bond acceptors (Lipinski definition) is 6. The standard InChI is InChI=1S/C13H17N5O2S/c1-13(2,3)18-21(19,20)10-6-9(7-15-8-10)11-4-5-12(14)17-16-11/h4-8,18H,1-3H3,(H2,14,17). The van der Waals surface area contributed by atoms with Crippen molar-refractivity contribution in [3.8, 4) is 11.3 Å². The predicted octanol–water partition coefficient (Wildman–Crippen LogP) is 1.20. The van der Waals surface area contributed by atoms with Crippen LogP contribution in [0.1, 0.15) is 20.8 Å². The van der Waals surface area contributed by atoms with Crippen molar-refractivity contribution in [2.75, 3.05) is 5.73 Å². The van der Waals surface area contributed by atoms with Gasteiger partial charge in [-0.25, -0.2) is 13.1 Å². The molecular weight excluding hydrogens is 290 g/mol. The van der Waals surface area contributed by atoms with Gasteiger partial charge in [-0.2, -0.15) is 0 Å². The summed E-state index contributed by atoms with van der Waals surface area (Å²) in [4.78, 5) is 4.04. The third-order valence-electron chi connectivity index (χ3n) is 2.44. The van der Waals surface area contributed by atoms with Crippen LogP contribution in [0.25, 0.3) is 11.3 Å². The Morgan fingerprint density at radius 1 is 1.14 bits per heavy atom. The fraction of sp³-hybridized carbons (Fsp3) is 0.308. The van der Waals surface area contributed by atoms with E-state index in [9.17, 15) is 8.42 Å². The molecular formula is C13H17N5O2S. The van der Waals surface area contributed by atoms with Crippen LogP contribution in [0, 0.1) is 0 Å². The van der Waals surface area contributed by atoms with Crippen LogP contribution in [0.5, 0.6) is 0 Å². The zero-order chi connectivity index (χ0) is 15.7. The largest absolute Gasteiger partial charge is 0.382 e. The van der Waals surface area contributed by atoms with Gasteiger partial charge >= 0.3 is 0 Å². The van der Waals surface area contributed by atoms with Gasteiger partial charge in [-0.1, -0.05) is 0 Å². The summed E-state index contributed by atoms with van der Waals surface area (Å²) in [5.41, 5.74) is 5.96. The maximum Gasteiger partial charge on any atom is 0.242 e. The van der Waals surface area contributed by atoms with Crippen molar-refractivity contribution in [3.63, 3.8) is 0 Å². The number of aromatic nitrogens is 3. The molecule has 0 atom stereocenters. The van der Waals surface area contributed by atoms with Crippen molar-refractivity contribution < 1.29 is 8.42 Å². The predicted molar refractivity (Wildman–Crippen MR) is 79.7 cm³/mol. The van der Waals surface area contributed by atoms with Crippen LogP contribution in [0.4, 0.5) is 5.82 Å². The number of nitrogens with one attached hydrogen (secondary N) is 1. The number of pyridine rings is 1. The number of anilines is 1. The molecule has 7 nitrogen and oxygen atoms in total. The van der Waals surface area contributed by atoms with Gasteiger partial charge in [0.2, 0.25) is 10.0 Å². The molecule has 2 rings (SSSR count). The van der Waals surface area contributed by atoms with Crippen LogP contribution in [-0.4, -0.2) is 29.1 Å². The second-order valence-electron chi connectivity index (χ2n) is 5.61. The maximum absolute atomic E-state index is 12.3. The fourth-order valence-corrected chi connectivity index (χ4v) is 3.07. The highest BCUT2D eigenvalue weighted by Crippen LogP contribution is 2.20. The lowest BCUT2D eigenvalue weighted by atomic mass is 10.1. The highest BCUT2D eigenvalue weighted by molar-refractivity contribution is 7.89. The number of nitrogens with zero attached hydrogens (tertiary/aromatic N) is 3. The van der Waals surface area contributed by atoms with E-state index in [4.69, 9.17) is 5.73 Å². The van der Waals surface area contributed by atoms with E-state index in [0.29, 0.717) is 17.1 Å². The smallest absolute Gasteiger partial charge is 0.242 e. The van der Waals surface area contributed by atoms with Crippen LogP contribution in [-0.2, 0) is 10.0 Å². The fourth-order valence-electron chi connectivity index (χ4n) is 1.66. The Bertz CT molecular complexity index is 736. The van der Waals surface area contributed by atoms with Crippen molar-refractivity contribution in [1.29, 1.82) is 0 Å². The second kappa shape index (κ2) is 5.38. The summed E-state index contributed by atoms with van der Waals surface area (Å²) in [5.74, 6) is 0.296. The van der Waals surface area contributed by atoms with Crippen molar-refractivity contribution in [2.45, 2.75) is 31.2 Å². The first-order valence-electron chi connectivity index (χ1n) is 6.26. The van der Waals surface area contributed by atoms with Crippen molar-refractivity contribution in [2.24, 2.45) is 0 Å². The average Bonchev–Trinajstić information content (AvgIpc) is 2.37. The molecule has 0 saturated carbocycles. The molecule has 0 bridgehead atoms. The molecule has 2 aromatic heterocycles. The van der Waals surface area contributed by atoms with Gasteiger partial charge < -0.3 is 5.73 Å². The van der Waals surface area contributed by atoms with E-state index in [1.807, 2.05) is 0 Å². The molecule has 8 heteroatoms. The van der Waals surface area contributed by atoms with E-state index in [1.54, 1.807) is 32.9 Å². The Labute approximate surface area is 123 Å². The van der Waals surface area contributed by atoms with E-state index < -0.39 is 15.6 Å². The molecule has 2 aromatic rings. The summed E-state index contributed by atoms with van der Waals surface area (Å²) < 4.78 is 27.1. The van der Waals surface area contributed by atoms with Crippen LogP contribution < -0.4 is 10.5 Å². The number of sulfonamides is 1. The summed E-state index contributed by atoms with van der Waals surface area (Å²) >= 11 is 0. The Morgan fingerprint density at radius 3 is 2.43 bits per heavy atom. The Balaban J connectivity index is 2.40. The normalized spacial score (nSPS) is 12.3. The van der Waals surface area contributed by atoms with Gasteiger partial charge in [0.1, 0.15) is 10.7 Å². The van der Waals surface area contributed by atoms with Crippen LogP contribution in [0.15, 0.2) is 35.5 Å². The number of nitrogen functional groups attached to an aromatic ring is 1.